The molecule has 1 saturated heterocycles. The first-order valence-electron chi connectivity index (χ1n) is 9.17. The van der Waals surface area contributed by atoms with Gasteiger partial charge in [-0.05, 0) is 66.3 Å². The molecule has 0 saturated carbocycles. The zero-order chi connectivity index (χ0) is 19.2. The van der Waals surface area contributed by atoms with Crippen molar-refractivity contribution in [1.82, 2.24) is 4.90 Å². The predicted octanol–water partition coefficient (Wildman–Crippen LogP) is 4.58. The third-order valence-electron chi connectivity index (χ3n) is 4.94. The van der Waals surface area contributed by atoms with Gasteiger partial charge in [-0.25, -0.2) is 8.78 Å². The van der Waals surface area contributed by atoms with E-state index in [2.05, 4.69) is 11.0 Å². The van der Waals surface area contributed by atoms with Crippen LogP contribution in [0.15, 0.2) is 54.6 Å². The van der Waals surface area contributed by atoms with Gasteiger partial charge in [0.15, 0.2) is 0 Å². The van der Waals surface area contributed by atoms with Gasteiger partial charge in [-0.2, -0.15) is 0 Å². The average Bonchev–Trinajstić information content (AvgIpc) is 3.07. The SMILES string of the molecule is O=C(O)CC1CCN(CCC=C(c2ccc(F)cc2)c2ccc(F)cc2)C1. The van der Waals surface area contributed by atoms with Crippen LogP contribution in [0.4, 0.5) is 8.78 Å². The Morgan fingerprint density at radius 2 is 1.59 bits per heavy atom. The Balaban J connectivity index is 1.70. The summed E-state index contributed by atoms with van der Waals surface area (Å²) in [6, 6.07) is 12.6. The molecule has 1 heterocycles. The number of hydrogen-bond acceptors (Lipinski definition) is 2. The highest BCUT2D eigenvalue weighted by Gasteiger charge is 2.23. The van der Waals surface area contributed by atoms with Gasteiger partial charge in [0.2, 0.25) is 0 Å². The Bertz CT molecular complexity index is 753. The lowest BCUT2D eigenvalue weighted by atomic mass is 9.97. The summed E-state index contributed by atoms with van der Waals surface area (Å²) in [5.41, 5.74) is 2.71. The normalized spacial score (nSPS) is 17.0. The highest BCUT2D eigenvalue weighted by Crippen LogP contribution is 2.25. The summed E-state index contributed by atoms with van der Waals surface area (Å²) < 4.78 is 26.5. The van der Waals surface area contributed by atoms with Crippen molar-refractivity contribution in [3.05, 3.63) is 77.4 Å². The van der Waals surface area contributed by atoms with Crippen LogP contribution >= 0.6 is 0 Å². The van der Waals surface area contributed by atoms with Crippen molar-refractivity contribution in [1.29, 1.82) is 0 Å². The van der Waals surface area contributed by atoms with Crippen LogP contribution in [0.25, 0.3) is 5.57 Å². The van der Waals surface area contributed by atoms with E-state index < -0.39 is 5.97 Å². The standard InChI is InChI=1S/C22H23F2NO2/c23-19-7-3-17(4-8-19)21(18-5-9-20(24)10-6-18)2-1-12-25-13-11-16(15-25)14-22(26)27/h2-10,16H,1,11-15H2,(H,26,27). The van der Waals surface area contributed by atoms with Gasteiger partial charge in [-0.3, -0.25) is 4.79 Å². The second-order valence-electron chi connectivity index (χ2n) is 6.97. The number of aliphatic carboxylic acids is 1. The summed E-state index contributed by atoms with van der Waals surface area (Å²) in [6.45, 7) is 2.55. The molecule has 0 radical (unpaired) electrons. The highest BCUT2D eigenvalue weighted by molar-refractivity contribution is 5.79. The van der Waals surface area contributed by atoms with Crippen LogP contribution < -0.4 is 0 Å². The number of rotatable bonds is 7. The fraction of sp³-hybridized carbons (Fsp3) is 0.318. The number of likely N-dealkylation sites (tertiary alicyclic amines) is 1. The first-order chi connectivity index (χ1) is 13.0. The molecule has 1 atom stereocenters. The molecule has 2 aromatic carbocycles. The molecule has 142 valence electrons. The molecule has 1 aliphatic heterocycles. The van der Waals surface area contributed by atoms with Crippen LogP contribution in [0.3, 0.4) is 0 Å². The van der Waals surface area contributed by atoms with E-state index in [4.69, 9.17) is 5.11 Å². The average molecular weight is 371 g/mol. The first-order valence-corrected chi connectivity index (χ1v) is 9.17. The number of halogens is 2. The number of carbonyl (C=O) groups is 1. The lowest BCUT2D eigenvalue weighted by Gasteiger charge is -2.15. The second-order valence-corrected chi connectivity index (χ2v) is 6.97. The highest BCUT2D eigenvalue weighted by atomic mass is 19.1. The van der Waals surface area contributed by atoms with Crippen molar-refractivity contribution >= 4 is 11.5 Å². The van der Waals surface area contributed by atoms with Crippen LogP contribution in [0, 0.1) is 17.6 Å². The molecular weight excluding hydrogens is 348 g/mol. The predicted molar refractivity (Wildman–Crippen MR) is 101 cm³/mol. The Hall–Kier alpha value is -2.53. The Labute approximate surface area is 157 Å². The molecule has 5 heteroatoms. The molecule has 2 aromatic rings. The van der Waals surface area contributed by atoms with Crippen molar-refractivity contribution in [3.8, 4) is 0 Å². The molecule has 0 amide bonds. The smallest absolute Gasteiger partial charge is 0.303 e. The van der Waals surface area contributed by atoms with E-state index in [1.807, 2.05) is 0 Å². The maximum atomic E-state index is 13.3. The fourth-order valence-electron chi connectivity index (χ4n) is 3.58. The molecule has 0 bridgehead atoms. The largest absolute Gasteiger partial charge is 0.481 e. The fourth-order valence-corrected chi connectivity index (χ4v) is 3.58. The molecule has 0 aliphatic carbocycles. The van der Waals surface area contributed by atoms with E-state index >= 15 is 0 Å². The van der Waals surface area contributed by atoms with Gasteiger partial charge >= 0.3 is 5.97 Å². The topological polar surface area (TPSA) is 40.5 Å². The Morgan fingerprint density at radius 1 is 1.04 bits per heavy atom. The van der Waals surface area contributed by atoms with Crippen molar-refractivity contribution in [2.45, 2.75) is 19.3 Å². The molecular formula is C22H23F2NO2. The van der Waals surface area contributed by atoms with E-state index in [0.29, 0.717) is 0 Å². The van der Waals surface area contributed by atoms with Gasteiger partial charge in [0.05, 0.1) is 0 Å². The lowest BCUT2D eigenvalue weighted by Crippen LogP contribution is -2.22. The molecule has 3 rings (SSSR count). The molecule has 3 nitrogen and oxygen atoms in total. The lowest BCUT2D eigenvalue weighted by molar-refractivity contribution is -0.138. The van der Waals surface area contributed by atoms with Crippen molar-refractivity contribution < 1.29 is 18.7 Å². The number of nitrogens with zero attached hydrogens (tertiary/aromatic N) is 1. The Kier molecular flexibility index (Phi) is 6.35. The molecule has 27 heavy (non-hydrogen) atoms. The van der Waals surface area contributed by atoms with E-state index in [-0.39, 0.29) is 24.0 Å². The maximum Gasteiger partial charge on any atom is 0.303 e. The van der Waals surface area contributed by atoms with Crippen molar-refractivity contribution in [2.24, 2.45) is 5.92 Å². The molecule has 0 spiro atoms. The summed E-state index contributed by atoms with van der Waals surface area (Å²) in [6.07, 6.45) is 4.01. The third kappa shape index (κ3) is 5.47. The molecule has 1 aliphatic rings. The zero-order valence-electron chi connectivity index (χ0n) is 15.1. The minimum absolute atomic E-state index is 0.222. The molecule has 1 unspecified atom stereocenters. The van der Waals surface area contributed by atoms with E-state index in [1.54, 1.807) is 24.3 Å². The molecule has 1 fully saturated rings. The second kappa shape index (κ2) is 8.91. The third-order valence-corrected chi connectivity index (χ3v) is 4.94. The van der Waals surface area contributed by atoms with Gasteiger partial charge in [0, 0.05) is 19.5 Å². The molecule has 1 N–H and O–H groups in total. The van der Waals surface area contributed by atoms with E-state index in [0.717, 1.165) is 49.2 Å². The van der Waals surface area contributed by atoms with Crippen LogP contribution in [0.1, 0.15) is 30.4 Å². The van der Waals surface area contributed by atoms with Gasteiger partial charge < -0.3 is 10.0 Å². The number of benzene rings is 2. The summed E-state index contributed by atoms with van der Waals surface area (Å²) >= 11 is 0. The number of carboxylic acids is 1. The molecule has 0 aromatic heterocycles. The van der Waals surface area contributed by atoms with Gasteiger partial charge in [-0.15, -0.1) is 0 Å². The summed E-state index contributed by atoms with van der Waals surface area (Å²) in [5, 5.41) is 8.92. The number of hydrogen-bond donors (Lipinski definition) is 1. The number of carboxylic acid groups (broad SMARTS) is 1. The summed E-state index contributed by atoms with van der Waals surface area (Å²) in [5.74, 6) is -1.10. The van der Waals surface area contributed by atoms with Gasteiger partial charge in [0.25, 0.3) is 0 Å². The summed E-state index contributed by atoms with van der Waals surface area (Å²) in [4.78, 5) is 13.1. The quantitative estimate of drug-likeness (QED) is 0.774. The zero-order valence-corrected chi connectivity index (χ0v) is 15.1. The van der Waals surface area contributed by atoms with Crippen molar-refractivity contribution in [2.75, 3.05) is 19.6 Å². The minimum Gasteiger partial charge on any atom is -0.481 e. The van der Waals surface area contributed by atoms with E-state index in [1.165, 1.54) is 24.3 Å². The van der Waals surface area contributed by atoms with Crippen LogP contribution in [0.5, 0.6) is 0 Å². The van der Waals surface area contributed by atoms with Gasteiger partial charge in [-0.1, -0.05) is 30.3 Å². The maximum absolute atomic E-state index is 13.3. The van der Waals surface area contributed by atoms with Gasteiger partial charge in [0.1, 0.15) is 11.6 Å². The van der Waals surface area contributed by atoms with Crippen LogP contribution in [-0.2, 0) is 4.79 Å². The van der Waals surface area contributed by atoms with Crippen molar-refractivity contribution in [3.63, 3.8) is 0 Å². The first kappa shape index (κ1) is 19.2. The van der Waals surface area contributed by atoms with E-state index in [9.17, 15) is 13.6 Å². The van der Waals surface area contributed by atoms with Crippen LogP contribution in [-0.4, -0.2) is 35.6 Å². The van der Waals surface area contributed by atoms with Crippen LogP contribution in [0.2, 0.25) is 0 Å². The Morgan fingerprint density at radius 3 is 2.11 bits per heavy atom. The monoisotopic (exact) mass is 371 g/mol. The minimum atomic E-state index is -0.739. The summed E-state index contributed by atoms with van der Waals surface area (Å²) in [7, 11) is 0.